The van der Waals surface area contributed by atoms with Crippen molar-refractivity contribution in [3.63, 3.8) is 0 Å². The number of H-pyrrole nitrogens is 1. The van der Waals surface area contributed by atoms with Crippen molar-refractivity contribution >= 4 is 5.69 Å². The minimum atomic E-state index is 0.674. The van der Waals surface area contributed by atoms with Gasteiger partial charge in [-0.15, -0.1) is 0 Å². The van der Waals surface area contributed by atoms with E-state index in [4.69, 9.17) is 0 Å². The van der Waals surface area contributed by atoms with Crippen LogP contribution in [0.2, 0.25) is 0 Å². The lowest BCUT2D eigenvalue weighted by atomic mass is 9.81. The van der Waals surface area contributed by atoms with Gasteiger partial charge in [0.1, 0.15) is 0 Å². The minimum absolute atomic E-state index is 0.674. The standard InChI is InChI=1S/C8H13N3/c1-6-2-3-8(6)11-7-4-9-10-5-7/h4-6,8,11H,2-3H2,1H3,(H,9,10). The quantitative estimate of drug-likeness (QED) is 0.674. The number of aromatic nitrogens is 2. The van der Waals surface area contributed by atoms with Crippen molar-refractivity contribution in [3.05, 3.63) is 12.4 Å². The van der Waals surface area contributed by atoms with E-state index in [9.17, 15) is 0 Å². The molecule has 0 radical (unpaired) electrons. The van der Waals surface area contributed by atoms with Gasteiger partial charge in [0.15, 0.2) is 0 Å². The second-order valence-electron chi connectivity index (χ2n) is 3.29. The van der Waals surface area contributed by atoms with Gasteiger partial charge in [-0.3, -0.25) is 5.10 Å². The molecule has 1 fully saturated rings. The Hall–Kier alpha value is -0.990. The van der Waals surface area contributed by atoms with Gasteiger partial charge in [0, 0.05) is 12.2 Å². The third-order valence-corrected chi connectivity index (χ3v) is 2.47. The average Bonchev–Trinajstić information content (AvgIpc) is 2.49. The number of hydrogen-bond donors (Lipinski definition) is 2. The monoisotopic (exact) mass is 151 g/mol. The van der Waals surface area contributed by atoms with Crippen molar-refractivity contribution in [1.29, 1.82) is 0 Å². The zero-order valence-electron chi connectivity index (χ0n) is 6.67. The Morgan fingerprint density at radius 2 is 2.55 bits per heavy atom. The molecule has 1 aliphatic carbocycles. The molecule has 1 aromatic heterocycles. The number of nitrogens with one attached hydrogen (secondary N) is 2. The molecule has 0 spiro atoms. The van der Waals surface area contributed by atoms with E-state index in [1.807, 2.05) is 12.4 Å². The van der Waals surface area contributed by atoms with Crippen LogP contribution in [0.5, 0.6) is 0 Å². The summed E-state index contributed by atoms with van der Waals surface area (Å²) in [5, 5.41) is 10.1. The number of aromatic amines is 1. The maximum Gasteiger partial charge on any atom is 0.0726 e. The summed E-state index contributed by atoms with van der Waals surface area (Å²) in [5.74, 6) is 0.824. The Balaban J connectivity index is 1.91. The molecule has 60 valence electrons. The zero-order chi connectivity index (χ0) is 7.68. The highest BCUT2D eigenvalue weighted by Crippen LogP contribution is 2.29. The average molecular weight is 151 g/mol. The molecule has 0 amide bonds. The number of rotatable bonds is 2. The molecule has 0 aliphatic heterocycles. The highest BCUT2D eigenvalue weighted by molar-refractivity contribution is 5.39. The normalized spacial score (nSPS) is 29.5. The smallest absolute Gasteiger partial charge is 0.0726 e. The van der Waals surface area contributed by atoms with Crippen molar-refractivity contribution in [1.82, 2.24) is 10.2 Å². The van der Waals surface area contributed by atoms with E-state index in [-0.39, 0.29) is 0 Å². The van der Waals surface area contributed by atoms with Gasteiger partial charge in [-0.05, 0) is 18.8 Å². The summed E-state index contributed by atoms with van der Waals surface area (Å²) in [6.45, 7) is 2.28. The van der Waals surface area contributed by atoms with Crippen LogP contribution < -0.4 is 5.32 Å². The van der Waals surface area contributed by atoms with E-state index < -0.39 is 0 Å². The third kappa shape index (κ3) is 1.23. The van der Waals surface area contributed by atoms with Crippen molar-refractivity contribution in [2.24, 2.45) is 5.92 Å². The van der Waals surface area contributed by atoms with Crippen molar-refractivity contribution in [2.75, 3.05) is 5.32 Å². The lowest BCUT2D eigenvalue weighted by Gasteiger charge is -2.34. The first-order valence-corrected chi connectivity index (χ1v) is 4.11. The molecule has 11 heavy (non-hydrogen) atoms. The molecule has 2 atom stereocenters. The Morgan fingerprint density at radius 3 is 3.00 bits per heavy atom. The van der Waals surface area contributed by atoms with Gasteiger partial charge < -0.3 is 5.32 Å². The fraction of sp³-hybridized carbons (Fsp3) is 0.625. The number of anilines is 1. The summed E-state index contributed by atoms with van der Waals surface area (Å²) in [6.07, 6.45) is 6.37. The molecule has 0 saturated heterocycles. The van der Waals surface area contributed by atoms with Gasteiger partial charge >= 0.3 is 0 Å². The molecule has 2 unspecified atom stereocenters. The lowest BCUT2D eigenvalue weighted by Crippen LogP contribution is -2.36. The molecule has 3 heteroatoms. The van der Waals surface area contributed by atoms with Crippen LogP contribution in [0.15, 0.2) is 12.4 Å². The minimum Gasteiger partial charge on any atom is -0.380 e. The Kier molecular flexibility index (Phi) is 1.56. The molecule has 1 aromatic rings. The largest absolute Gasteiger partial charge is 0.380 e. The molecular formula is C8H13N3. The molecule has 2 N–H and O–H groups in total. The summed E-state index contributed by atoms with van der Waals surface area (Å²) < 4.78 is 0. The molecule has 0 aromatic carbocycles. The Labute approximate surface area is 66.2 Å². The van der Waals surface area contributed by atoms with E-state index in [0.717, 1.165) is 11.6 Å². The molecule has 0 bridgehead atoms. The maximum atomic E-state index is 3.87. The van der Waals surface area contributed by atoms with E-state index in [1.165, 1.54) is 12.8 Å². The molecule has 1 saturated carbocycles. The van der Waals surface area contributed by atoms with E-state index >= 15 is 0 Å². The van der Waals surface area contributed by atoms with Crippen LogP contribution in [0.25, 0.3) is 0 Å². The Morgan fingerprint density at radius 1 is 1.64 bits per heavy atom. The third-order valence-electron chi connectivity index (χ3n) is 2.47. The van der Waals surface area contributed by atoms with Crippen LogP contribution in [0, 0.1) is 5.92 Å². The summed E-state index contributed by atoms with van der Waals surface area (Å²) in [6, 6.07) is 0.674. The van der Waals surface area contributed by atoms with Gasteiger partial charge in [-0.25, -0.2) is 0 Å². The predicted octanol–water partition coefficient (Wildman–Crippen LogP) is 1.62. The first-order chi connectivity index (χ1) is 5.36. The van der Waals surface area contributed by atoms with Crippen LogP contribution in [-0.4, -0.2) is 16.2 Å². The topological polar surface area (TPSA) is 40.7 Å². The Bertz CT molecular complexity index is 217. The van der Waals surface area contributed by atoms with Crippen molar-refractivity contribution in [3.8, 4) is 0 Å². The van der Waals surface area contributed by atoms with Crippen molar-refractivity contribution in [2.45, 2.75) is 25.8 Å². The summed E-state index contributed by atoms with van der Waals surface area (Å²) in [4.78, 5) is 0. The highest BCUT2D eigenvalue weighted by Gasteiger charge is 2.26. The summed E-state index contributed by atoms with van der Waals surface area (Å²) >= 11 is 0. The lowest BCUT2D eigenvalue weighted by molar-refractivity contribution is 0.303. The van der Waals surface area contributed by atoms with E-state index in [1.54, 1.807) is 0 Å². The van der Waals surface area contributed by atoms with E-state index in [2.05, 4.69) is 22.4 Å². The zero-order valence-corrected chi connectivity index (χ0v) is 6.67. The molecule has 2 rings (SSSR count). The SMILES string of the molecule is CC1CCC1Nc1cn[nH]c1. The van der Waals surface area contributed by atoms with Crippen LogP contribution in [0.3, 0.4) is 0 Å². The molecule has 1 aliphatic rings. The number of hydrogen-bond acceptors (Lipinski definition) is 2. The predicted molar refractivity (Wildman–Crippen MR) is 44.4 cm³/mol. The van der Waals surface area contributed by atoms with Crippen LogP contribution >= 0.6 is 0 Å². The van der Waals surface area contributed by atoms with Gasteiger partial charge in [-0.2, -0.15) is 5.10 Å². The summed E-state index contributed by atoms with van der Waals surface area (Å²) in [7, 11) is 0. The maximum absolute atomic E-state index is 3.87. The first-order valence-electron chi connectivity index (χ1n) is 4.11. The molecular weight excluding hydrogens is 138 g/mol. The first kappa shape index (κ1) is 6.70. The fourth-order valence-electron chi connectivity index (χ4n) is 1.42. The van der Waals surface area contributed by atoms with Crippen LogP contribution in [0.4, 0.5) is 5.69 Å². The second-order valence-corrected chi connectivity index (χ2v) is 3.29. The summed E-state index contributed by atoms with van der Waals surface area (Å²) in [5.41, 5.74) is 1.11. The second kappa shape index (κ2) is 2.57. The molecule has 1 heterocycles. The van der Waals surface area contributed by atoms with Gasteiger partial charge in [0.25, 0.3) is 0 Å². The van der Waals surface area contributed by atoms with E-state index in [0.29, 0.717) is 6.04 Å². The number of nitrogens with zero attached hydrogens (tertiary/aromatic N) is 1. The van der Waals surface area contributed by atoms with Crippen molar-refractivity contribution < 1.29 is 0 Å². The fourth-order valence-corrected chi connectivity index (χ4v) is 1.42. The van der Waals surface area contributed by atoms with Crippen LogP contribution in [0.1, 0.15) is 19.8 Å². The van der Waals surface area contributed by atoms with Crippen LogP contribution in [-0.2, 0) is 0 Å². The van der Waals surface area contributed by atoms with Gasteiger partial charge in [0.05, 0.1) is 11.9 Å². The van der Waals surface area contributed by atoms with Gasteiger partial charge in [-0.1, -0.05) is 6.92 Å². The molecule has 3 nitrogen and oxygen atoms in total. The highest BCUT2D eigenvalue weighted by atomic mass is 15.1. The van der Waals surface area contributed by atoms with Gasteiger partial charge in [0.2, 0.25) is 0 Å².